The number of aryl methyl sites for hydroxylation is 1. The topological polar surface area (TPSA) is 66.5 Å². The van der Waals surface area contributed by atoms with Gasteiger partial charge in [0.15, 0.2) is 0 Å². The van der Waals surface area contributed by atoms with Crippen LogP contribution in [-0.2, 0) is 26.0 Å². The fourth-order valence-electron chi connectivity index (χ4n) is 7.17. The van der Waals surface area contributed by atoms with Crippen molar-refractivity contribution in [3.05, 3.63) is 65.2 Å². The summed E-state index contributed by atoms with van der Waals surface area (Å²) in [4.78, 5) is 12.6. The van der Waals surface area contributed by atoms with Gasteiger partial charge in [0, 0.05) is 18.1 Å². The molecule has 4 aliphatic carbocycles. The number of hydrogen-bond donors (Lipinski definition) is 1. The van der Waals surface area contributed by atoms with Crippen molar-refractivity contribution >= 4 is 33.4 Å². The van der Waals surface area contributed by atoms with E-state index >= 15 is 0 Å². The van der Waals surface area contributed by atoms with Gasteiger partial charge in [-0.05, 0) is 91.9 Å². The Hall–Kier alpha value is -1.99. The molecule has 0 aromatic heterocycles. The molecule has 2 aromatic rings. The van der Waals surface area contributed by atoms with E-state index in [1.165, 1.54) is 65.8 Å². The third-order valence-corrected chi connectivity index (χ3v) is 10.6. The molecular weight excluding hydrogens is 488 g/mol. The van der Waals surface area contributed by atoms with E-state index in [0.717, 1.165) is 29.3 Å². The monoisotopic (exact) mass is 526 g/mol. The molecule has 0 radical (unpaired) electrons. The molecule has 7 heteroatoms. The average molecular weight is 527 g/mol. The van der Waals surface area contributed by atoms with Gasteiger partial charge in [-0.3, -0.25) is 9.10 Å². The minimum absolute atomic E-state index is 0.196. The fraction of sp³-hybridized carbons (Fsp3) is 0.552. The summed E-state index contributed by atoms with van der Waals surface area (Å²) in [6, 6.07) is 16.5. The minimum atomic E-state index is -3.58. The molecule has 5 nitrogen and oxygen atoms in total. The molecule has 0 saturated heterocycles. The maximum Gasteiger partial charge on any atom is 0.240 e. The number of carbonyl (C=O) groups is 1. The van der Waals surface area contributed by atoms with Gasteiger partial charge in [-0.1, -0.05) is 42.0 Å². The molecule has 4 fully saturated rings. The third kappa shape index (κ3) is 5.77. The molecule has 36 heavy (non-hydrogen) atoms. The zero-order valence-corrected chi connectivity index (χ0v) is 23.0. The van der Waals surface area contributed by atoms with Gasteiger partial charge in [0.25, 0.3) is 0 Å². The zero-order chi connectivity index (χ0) is 25.3. The molecule has 1 amide bonds. The molecule has 194 valence electrons. The number of rotatable bonds is 10. The highest BCUT2D eigenvalue weighted by molar-refractivity contribution is 7.98. The van der Waals surface area contributed by atoms with Crippen LogP contribution in [0.15, 0.2) is 48.5 Å². The van der Waals surface area contributed by atoms with Crippen LogP contribution in [0, 0.1) is 24.7 Å². The van der Waals surface area contributed by atoms with Gasteiger partial charge in [-0.2, -0.15) is 11.8 Å². The van der Waals surface area contributed by atoms with Gasteiger partial charge in [0.05, 0.1) is 11.9 Å². The summed E-state index contributed by atoms with van der Waals surface area (Å²) >= 11 is 1.75. The summed E-state index contributed by atoms with van der Waals surface area (Å²) in [5.74, 6) is 3.98. The summed E-state index contributed by atoms with van der Waals surface area (Å²) in [7, 11) is -3.58. The number of nitrogens with one attached hydrogen (secondary N) is 1. The van der Waals surface area contributed by atoms with E-state index in [0.29, 0.717) is 12.2 Å². The first kappa shape index (κ1) is 25.7. The lowest BCUT2D eigenvalue weighted by atomic mass is 9.48. The highest BCUT2D eigenvalue weighted by Gasteiger charge is 2.51. The van der Waals surface area contributed by atoms with Crippen molar-refractivity contribution in [1.82, 2.24) is 5.32 Å². The van der Waals surface area contributed by atoms with E-state index in [1.807, 2.05) is 12.1 Å². The van der Waals surface area contributed by atoms with Crippen LogP contribution in [0.3, 0.4) is 0 Å². The Bertz CT molecular complexity index is 1140. The largest absolute Gasteiger partial charge is 0.354 e. The number of nitrogens with zero attached hydrogens (tertiary/aromatic N) is 1. The molecule has 4 bridgehead atoms. The van der Waals surface area contributed by atoms with Crippen molar-refractivity contribution in [2.75, 3.05) is 29.4 Å². The molecule has 4 aliphatic rings. The molecule has 6 rings (SSSR count). The second-order valence-electron chi connectivity index (χ2n) is 11.4. The maximum absolute atomic E-state index is 12.6. The molecule has 4 saturated carbocycles. The smallest absolute Gasteiger partial charge is 0.240 e. The summed E-state index contributed by atoms with van der Waals surface area (Å²) < 4.78 is 26.4. The van der Waals surface area contributed by atoms with Gasteiger partial charge in [-0.15, -0.1) is 0 Å². The summed E-state index contributed by atoms with van der Waals surface area (Å²) in [5.41, 5.74) is 4.70. The lowest BCUT2D eigenvalue weighted by Gasteiger charge is -2.57. The van der Waals surface area contributed by atoms with Crippen molar-refractivity contribution in [1.29, 1.82) is 0 Å². The van der Waals surface area contributed by atoms with Crippen molar-refractivity contribution in [2.45, 2.75) is 56.6 Å². The predicted octanol–water partition coefficient (Wildman–Crippen LogP) is 5.28. The second kappa shape index (κ2) is 10.4. The van der Waals surface area contributed by atoms with Crippen LogP contribution in [0.1, 0.15) is 55.2 Å². The molecule has 0 unspecified atom stereocenters. The Morgan fingerprint density at radius 3 is 2.11 bits per heavy atom. The first-order valence-corrected chi connectivity index (χ1v) is 16.2. The van der Waals surface area contributed by atoms with Crippen LogP contribution in [0.5, 0.6) is 0 Å². The lowest BCUT2D eigenvalue weighted by molar-refractivity contribution is -0.119. The second-order valence-corrected chi connectivity index (χ2v) is 14.4. The number of hydrogen-bond acceptors (Lipinski definition) is 4. The number of anilines is 1. The number of amides is 1. The van der Waals surface area contributed by atoms with Gasteiger partial charge in [0.1, 0.15) is 6.54 Å². The van der Waals surface area contributed by atoms with Crippen molar-refractivity contribution < 1.29 is 13.2 Å². The quantitative estimate of drug-likeness (QED) is 0.428. The summed E-state index contributed by atoms with van der Waals surface area (Å²) in [5, 5.41) is 2.88. The lowest BCUT2D eigenvalue weighted by Crippen LogP contribution is -2.48. The summed E-state index contributed by atoms with van der Waals surface area (Å²) in [6.07, 6.45) is 9.20. The molecule has 0 aliphatic heterocycles. The van der Waals surface area contributed by atoms with E-state index in [-0.39, 0.29) is 17.9 Å². The summed E-state index contributed by atoms with van der Waals surface area (Å²) in [6.45, 7) is 2.39. The molecule has 0 spiro atoms. The number of benzene rings is 2. The van der Waals surface area contributed by atoms with Gasteiger partial charge >= 0.3 is 0 Å². The Kier molecular flexibility index (Phi) is 7.42. The Morgan fingerprint density at radius 1 is 0.972 bits per heavy atom. The minimum Gasteiger partial charge on any atom is -0.354 e. The van der Waals surface area contributed by atoms with Crippen LogP contribution in [0.25, 0.3) is 0 Å². The van der Waals surface area contributed by atoms with Crippen molar-refractivity contribution in [2.24, 2.45) is 17.8 Å². The molecule has 0 heterocycles. The van der Waals surface area contributed by atoms with Gasteiger partial charge in [0.2, 0.25) is 15.9 Å². The van der Waals surface area contributed by atoms with Gasteiger partial charge < -0.3 is 5.32 Å². The van der Waals surface area contributed by atoms with Gasteiger partial charge in [-0.25, -0.2) is 8.42 Å². The molecule has 1 N–H and O–H groups in total. The van der Waals surface area contributed by atoms with Crippen LogP contribution in [0.4, 0.5) is 5.69 Å². The average Bonchev–Trinajstić information content (AvgIpc) is 2.82. The highest BCUT2D eigenvalue weighted by atomic mass is 32.2. The fourth-order valence-corrected chi connectivity index (χ4v) is 8.84. The van der Waals surface area contributed by atoms with Crippen LogP contribution in [0.2, 0.25) is 0 Å². The first-order chi connectivity index (χ1) is 17.2. The van der Waals surface area contributed by atoms with E-state index in [1.54, 1.807) is 11.8 Å². The number of carbonyl (C=O) groups excluding carboxylic acids is 1. The van der Waals surface area contributed by atoms with E-state index in [2.05, 4.69) is 48.6 Å². The molecular formula is C29H38N2O3S2. The van der Waals surface area contributed by atoms with Crippen LogP contribution >= 0.6 is 11.8 Å². The van der Waals surface area contributed by atoms with E-state index in [9.17, 15) is 13.2 Å². The van der Waals surface area contributed by atoms with Crippen molar-refractivity contribution in [3.8, 4) is 0 Å². The van der Waals surface area contributed by atoms with E-state index in [4.69, 9.17) is 0 Å². The Balaban J connectivity index is 1.16. The predicted molar refractivity (Wildman–Crippen MR) is 149 cm³/mol. The Morgan fingerprint density at radius 2 is 1.56 bits per heavy atom. The standard InChI is InChI=1S/C29H38N2O3S2/c1-21-3-5-22(6-4-21)20-35-12-11-30-28(32)19-31(36(2,33)34)27-9-7-26(8-10-27)29-16-23-13-24(17-29)15-25(14-23)18-29/h3-10,23-25H,11-20H2,1-2H3,(H,30,32). The van der Waals surface area contributed by atoms with E-state index < -0.39 is 10.0 Å². The first-order valence-electron chi connectivity index (χ1n) is 13.2. The maximum atomic E-state index is 12.6. The number of thioether (sulfide) groups is 1. The normalized spacial score (nSPS) is 26.7. The SMILES string of the molecule is Cc1ccc(CSCCNC(=O)CN(c2ccc(C34CC5CC(CC(C5)C3)C4)cc2)S(C)(=O)=O)cc1. The van der Waals surface area contributed by atoms with Crippen molar-refractivity contribution in [3.63, 3.8) is 0 Å². The molecule has 0 atom stereocenters. The third-order valence-electron chi connectivity index (χ3n) is 8.45. The van der Waals surface area contributed by atoms with Crippen LogP contribution in [-0.4, -0.2) is 39.4 Å². The Labute approximate surface area is 220 Å². The zero-order valence-electron chi connectivity index (χ0n) is 21.4. The molecule has 2 aromatic carbocycles. The highest BCUT2D eigenvalue weighted by Crippen LogP contribution is 2.60. The van der Waals surface area contributed by atoms with Crippen LogP contribution < -0.4 is 9.62 Å². The number of sulfonamides is 1.